The van der Waals surface area contributed by atoms with Crippen molar-refractivity contribution in [3.63, 3.8) is 0 Å². The largest absolute Gasteiger partial charge is 0.466 e. The molecular formula is C12H14N2O2. The van der Waals surface area contributed by atoms with Gasteiger partial charge in [0.1, 0.15) is 17.6 Å². The first-order valence-electron chi connectivity index (χ1n) is 5.11. The fraction of sp³-hybridized carbons (Fsp3) is 0.333. The minimum atomic E-state index is -0.772. The Balaban J connectivity index is 2.45. The lowest BCUT2D eigenvalue weighted by atomic mass is 10.0. The summed E-state index contributed by atoms with van der Waals surface area (Å²) in [6.07, 6.45) is 3.93. The molecule has 0 bridgehead atoms. The lowest BCUT2D eigenvalue weighted by Gasteiger charge is -2.09. The van der Waals surface area contributed by atoms with Gasteiger partial charge in [-0.25, -0.2) is 0 Å². The predicted octanol–water partition coefficient (Wildman–Crippen LogP) is 2.08. The summed E-state index contributed by atoms with van der Waals surface area (Å²) in [6.45, 7) is 5.66. The Labute approximate surface area is 94.0 Å². The molecule has 0 radical (unpaired) electrons. The number of rotatable bonds is 2. The molecule has 0 amide bonds. The quantitative estimate of drug-likeness (QED) is 0.838. The van der Waals surface area contributed by atoms with Gasteiger partial charge in [-0.1, -0.05) is 0 Å². The number of aliphatic hydroxyl groups is 1. The van der Waals surface area contributed by atoms with Crippen molar-refractivity contribution in [2.45, 2.75) is 26.9 Å². The van der Waals surface area contributed by atoms with Gasteiger partial charge in [0.25, 0.3) is 0 Å². The highest BCUT2D eigenvalue weighted by Crippen LogP contribution is 2.29. The molecule has 4 heteroatoms. The van der Waals surface area contributed by atoms with Gasteiger partial charge in [-0.3, -0.25) is 9.97 Å². The standard InChI is InChI=1S/C12H14N2O2/c1-7-8(2)16-9(3)11(7)12(15)10-6-13-4-5-14-10/h4-6,12,15H,1-3H3. The van der Waals surface area contributed by atoms with Gasteiger partial charge in [-0.15, -0.1) is 0 Å². The summed E-state index contributed by atoms with van der Waals surface area (Å²) in [5.41, 5.74) is 2.29. The number of aliphatic hydroxyl groups excluding tert-OH is 1. The fourth-order valence-electron chi connectivity index (χ4n) is 1.81. The highest BCUT2D eigenvalue weighted by Gasteiger charge is 2.21. The molecule has 0 saturated carbocycles. The van der Waals surface area contributed by atoms with Crippen LogP contribution in [0.4, 0.5) is 0 Å². The van der Waals surface area contributed by atoms with Crippen molar-refractivity contribution in [1.29, 1.82) is 0 Å². The van der Waals surface area contributed by atoms with E-state index >= 15 is 0 Å². The Morgan fingerprint density at radius 2 is 1.94 bits per heavy atom. The molecule has 1 unspecified atom stereocenters. The van der Waals surface area contributed by atoms with Crippen LogP contribution in [0.5, 0.6) is 0 Å². The molecule has 2 rings (SSSR count). The number of aromatic nitrogens is 2. The average molecular weight is 218 g/mol. The first kappa shape index (κ1) is 10.8. The number of hydrogen-bond donors (Lipinski definition) is 1. The van der Waals surface area contributed by atoms with Crippen molar-refractivity contribution in [1.82, 2.24) is 9.97 Å². The first-order chi connectivity index (χ1) is 7.61. The van der Waals surface area contributed by atoms with Gasteiger partial charge >= 0.3 is 0 Å². The number of nitrogens with zero attached hydrogens (tertiary/aromatic N) is 2. The Bertz CT molecular complexity index is 491. The molecule has 0 spiro atoms. The van der Waals surface area contributed by atoms with Crippen molar-refractivity contribution in [2.75, 3.05) is 0 Å². The minimum Gasteiger partial charge on any atom is -0.466 e. The highest BCUT2D eigenvalue weighted by atomic mass is 16.3. The van der Waals surface area contributed by atoms with Crippen LogP contribution in [0.2, 0.25) is 0 Å². The molecule has 1 N–H and O–H groups in total. The van der Waals surface area contributed by atoms with E-state index in [0.29, 0.717) is 5.69 Å². The van der Waals surface area contributed by atoms with E-state index in [-0.39, 0.29) is 0 Å². The summed E-state index contributed by atoms with van der Waals surface area (Å²) in [5, 5.41) is 10.2. The lowest BCUT2D eigenvalue weighted by Crippen LogP contribution is -2.04. The SMILES string of the molecule is Cc1oc(C)c(C(O)c2cnccn2)c1C. The van der Waals surface area contributed by atoms with Crippen LogP contribution < -0.4 is 0 Å². The summed E-state index contributed by atoms with van der Waals surface area (Å²) >= 11 is 0. The zero-order chi connectivity index (χ0) is 11.7. The van der Waals surface area contributed by atoms with Crippen molar-refractivity contribution in [2.24, 2.45) is 0 Å². The van der Waals surface area contributed by atoms with Crippen molar-refractivity contribution in [3.8, 4) is 0 Å². The smallest absolute Gasteiger partial charge is 0.126 e. The Kier molecular flexibility index (Phi) is 2.75. The Hall–Kier alpha value is -1.68. The second-order valence-electron chi connectivity index (χ2n) is 3.79. The third kappa shape index (κ3) is 1.72. The van der Waals surface area contributed by atoms with E-state index in [1.807, 2.05) is 20.8 Å². The van der Waals surface area contributed by atoms with Crippen LogP contribution in [-0.4, -0.2) is 15.1 Å². The third-order valence-electron chi connectivity index (χ3n) is 2.75. The van der Waals surface area contributed by atoms with Crippen molar-refractivity contribution in [3.05, 3.63) is 46.9 Å². The zero-order valence-corrected chi connectivity index (χ0v) is 9.56. The maximum atomic E-state index is 10.2. The van der Waals surface area contributed by atoms with Crippen LogP contribution >= 0.6 is 0 Å². The van der Waals surface area contributed by atoms with Crippen LogP contribution in [0, 0.1) is 20.8 Å². The second kappa shape index (κ2) is 4.06. The van der Waals surface area contributed by atoms with Crippen LogP contribution in [0.1, 0.15) is 34.4 Å². The van der Waals surface area contributed by atoms with Crippen LogP contribution in [0.3, 0.4) is 0 Å². The third-order valence-corrected chi connectivity index (χ3v) is 2.75. The molecule has 4 nitrogen and oxygen atoms in total. The predicted molar refractivity (Wildman–Crippen MR) is 59.0 cm³/mol. The zero-order valence-electron chi connectivity index (χ0n) is 9.56. The molecular weight excluding hydrogens is 204 g/mol. The molecule has 0 fully saturated rings. The topological polar surface area (TPSA) is 59.2 Å². The van der Waals surface area contributed by atoms with Crippen LogP contribution in [-0.2, 0) is 0 Å². The summed E-state index contributed by atoms with van der Waals surface area (Å²) in [6, 6.07) is 0. The molecule has 0 aliphatic heterocycles. The highest BCUT2D eigenvalue weighted by molar-refractivity contribution is 5.36. The van der Waals surface area contributed by atoms with Gasteiger partial charge in [0.15, 0.2) is 0 Å². The second-order valence-corrected chi connectivity index (χ2v) is 3.79. The molecule has 1 atom stereocenters. The number of furan rings is 1. The van der Waals surface area contributed by atoms with E-state index in [1.165, 1.54) is 0 Å². The fourth-order valence-corrected chi connectivity index (χ4v) is 1.81. The van der Waals surface area contributed by atoms with Crippen molar-refractivity contribution < 1.29 is 9.52 Å². The summed E-state index contributed by atoms with van der Waals surface area (Å²) < 4.78 is 5.48. The van der Waals surface area contributed by atoms with E-state index in [2.05, 4.69) is 9.97 Å². The average Bonchev–Trinajstić information content (AvgIpc) is 2.54. The monoisotopic (exact) mass is 218 g/mol. The molecule has 0 aliphatic carbocycles. The Morgan fingerprint density at radius 3 is 2.44 bits per heavy atom. The van der Waals surface area contributed by atoms with E-state index in [9.17, 15) is 5.11 Å². The maximum absolute atomic E-state index is 10.2. The summed E-state index contributed by atoms with van der Waals surface area (Å²) in [7, 11) is 0. The molecule has 2 heterocycles. The van der Waals surface area contributed by atoms with E-state index in [4.69, 9.17) is 4.42 Å². The number of aryl methyl sites for hydroxylation is 2. The number of hydrogen-bond acceptors (Lipinski definition) is 4. The van der Waals surface area contributed by atoms with E-state index in [1.54, 1.807) is 18.6 Å². The van der Waals surface area contributed by atoms with Crippen LogP contribution in [0.15, 0.2) is 23.0 Å². The summed E-state index contributed by atoms with van der Waals surface area (Å²) in [5.74, 6) is 1.56. The van der Waals surface area contributed by atoms with E-state index < -0.39 is 6.10 Å². The maximum Gasteiger partial charge on any atom is 0.126 e. The minimum absolute atomic E-state index is 0.537. The molecule has 0 aliphatic rings. The molecule has 2 aromatic heterocycles. The van der Waals surface area contributed by atoms with E-state index in [0.717, 1.165) is 22.6 Å². The van der Waals surface area contributed by atoms with Gasteiger partial charge < -0.3 is 9.52 Å². The van der Waals surface area contributed by atoms with Gasteiger partial charge in [0.05, 0.1) is 11.9 Å². The molecule has 2 aromatic rings. The molecule has 84 valence electrons. The van der Waals surface area contributed by atoms with Crippen LogP contribution in [0.25, 0.3) is 0 Å². The van der Waals surface area contributed by atoms with Gasteiger partial charge in [0, 0.05) is 18.0 Å². The lowest BCUT2D eigenvalue weighted by molar-refractivity contribution is 0.212. The molecule has 0 saturated heterocycles. The van der Waals surface area contributed by atoms with Gasteiger partial charge in [0.2, 0.25) is 0 Å². The Morgan fingerprint density at radius 1 is 1.19 bits per heavy atom. The van der Waals surface area contributed by atoms with Gasteiger partial charge in [-0.2, -0.15) is 0 Å². The first-order valence-corrected chi connectivity index (χ1v) is 5.11. The van der Waals surface area contributed by atoms with Crippen molar-refractivity contribution >= 4 is 0 Å². The molecule has 16 heavy (non-hydrogen) atoms. The summed E-state index contributed by atoms with van der Waals surface area (Å²) in [4.78, 5) is 8.04. The normalized spacial score (nSPS) is 12.8. The molecule has 0 aromatic carbocycles. The van der Waals surface area contributed by atoms with Gasteiger partial charge in [-0.05, 0) is 26.3 Å².